The third-order valence-electron chi connectivity index (χ3n) is 7.43. The molecule has 0 saturated heterocycles. The van der Waals surface area contributed by atoms with Gasteiger partial charge in [0.2, 0.25) is 0 Å². The van der Waals surface area contributed by atoms with E-state index in [0.29, 0.717) is 23.4 Å². The van der Waals surface area contributed by atoms with Crippen LogP contribution < -0.4 is 21.1 Å². The summed E-state index contributed by atoms with van der Waals surface area (Å²) in [5.74, 6) is 0.323. The van der Waals surface area contributed by atoms with Gasteiger partial charge in [-0.1, -0.05) is 17.7 Å². The van der Waals surface area contributed by atoms with Gasteiger partial charge in [-0.05, 0) is 88.4 Å². The van der Waals surface area contributed by atoms with Crippen molar-refractivity contribution in [2.24, 2.45) is 10.7 Å². The van der Waals surface area contributed by atoms with E-state index in [1.807, 2.05) is 58.2 Å². The van der Waals surface area contributed by atoms with Gasteiger partial charge in [-0.3, -0.25) is 0 Å². The van der Waals surface area contributed by atoms with Crippen molar-refractivity contribution in [1.82, 2.24) is 14.9 Å². The Balaban J connectivity index is 1.52. The van der Waals surface area contributed by atoms with Gasteiger partial charge in [0.1, 0.15) is 23.0 Å². The van der Waals surface area contributed by atoms with Crippen molar-refractivity contribution in [1.29, 1.82) is 0 Å². The molecule has 5 rings (SSSR count). The Morgan fingerprint density at radius 2 is 1.96 bits per heavy atom. The quantitative estimate of drug-likeness (QED) is 0.103. The van der Waals surface area contributed by atoms with Crippen molar-refractivity contribution in [2.45, 2.75) is 64.6 Å². The number of nitrogens with zero attached hydrogens (tertiary/aromatic N) is 3. The molecule has 12 heteroatoms. The SMILES string of the molecule is COCOc1ccc(C)c(-c2cc3c(N[C@@H]4CC[C@H](NC(=O)OC(C)(C)C)C4)c(C(N)=Nc4cc(F)ccc4Cl)cnn3c2)c1. The minimum atomic E-state index is -0.584. The Bertz CT molecular complexity index is 1730. The number of halogens is 2. The van der Waals surface area contributed by atoms with Crippen LogP contribution in [0.3, 0.4) is 0 Å². The largest absolute Gasteiger partial charge is 0.468 e. The standard InChI is InChI=1S/C33H38ClFN6O4/c1-19-6-10-24(44-18-43-5)15-25(19)20-12-29-30(38-22-8-9-23(14-22)39-32(42)45-33(2,3)4)26(16-37-41(29)17-20)31(36)40-28-13-21(35)7-11-27(28)34/h6-7,10-13,15-17,22-23,38H,8-9,14,18H2,1-5H3,(H2,36,40)(H,39,42)/t22-,23+/m1/s1. The second-order valence-electron chi connectivity index (χ2n) is 12.1. The number of anilines is 1. The molecular weight excluding hydrogens is 599 g/mol. The van der Waals surface area contributed by atoms with Gasteiger partial charge in [0.25, 0.3) is 0 Å². The fourth-order valence-electron chi connectivity index (χ4n) is 5.36. The number of carbonyl (C=O) groups excluding carboxylic acids is 1. The molecule has 4 N–H and O–H groups in total. The summed E-state index contributed by atoms with van der Waals surface area (Å²) in [6.45, 7) is 7.67. The van der Waals surface area contributed by atoms with Gasteiger partial charge in [0.15, 0.2) is 6.79 Å². The average Bonchev–Trinajstić information content (AvgIpc) is 3.60. The Kier molecular flexibility index (Phi) is 9.50. The van der Waals surface area contributed by atoms with Crippen molar-refractivity contribution in [3.8, 4) is 16.9 Å². The lowest BCUT2D eigenvalue weighted by molar-refractivity contribution is 0.0503. The summed E-state index contributed by atoms with van der Waals surface area (Å²) in [7, 11) is 1.57. The van der Waals surface area contributed by atoms with Gasteiger partial charge in [-0.2, -0.15) is 5.10 Å². The Morgan fingerprint density at radius 1 is 1.18 bits per heavy atom. The van der Waals surface area contributed by atoms with E-state index in [9.17, 15) is 9.18 Å². The molecule has 10 nitrogen and oxygen atoms in total. The van der Waals surface area contributed by atoms with E-state index in [-0.39, 0.29) is 35.4 Å². The molecule has 2 heterocycles. The maximum Gasteiger partial charge on any atom is 0.407 e. The minimum Gasteiger partial charge on any atom is -0.468 e. The number of hydrogen-bond acceptors (Lipinski definition) is 7. The topological polar surface area (TPSA) is 124 Å². The number of amidine groups is 1. The van der Waals surface area contributed by atoms with E-state index >= 15 is 0 Å². The molecule has 1 aliphatic carbocycles. The molecule has 0 unspecified atom stereocenters. The maximum absolute atomic E-state index is 14.0. The molecule has 0 radical (unpaired) electrons. The summed E-state index contributed by atoms with van der Waals surface area (Å²) in [5, 5.41) is 11.5. The zero-order valence-electron chi connectivity index (χ0n) is 26.0. The molecule has 0 bridgehead atoms. The average molecular weight is 637 g/mol. The highest BCUT2D eigenvalue weighted by Gasteiger charge is 2.29. The van der Waals surface area contributed by atoms with Gasteiger partial charge < -0.3 is 30.6 Å². The number of carbonyl (C=O) groups is 1. The number of methoxy groups -OCH3 is 1. The number of nitrogens with one attached hydrogen (secondary N) is 2. The van der Waals surface area contributed by atoms with Gasteiger partial charge in [0.05, 0.1) is 33.7 Å². The molecule has 238 valence electrons. The number of hydrogen-bond donors (Lipinski definition) is 3. The molecule has 2 aromatic carbocycles. The fourth-order valence-corrected chi connectivity index (χ4v) is 5.52. The van der Waals surface area contributed by atoms with E-state index in [1.54, 1.807) is 17.8 Å². The Hall–Kier alpha value is -4.35. The van der Waals surface area contributed by atoms with Gasteiger partial charge in [-0.15, -0.1) is 0 Å². The molecule has 0 spiro atoms. The van der Waals surface area contributed by atoms with Crippen LogP contribution in [0.5, 0.6) is 5.75 Å². The highest BCUT2D eigenvalue weighted by Crippen LogP contribution is 2.35. The van der Waals surface area contributed by atoms with Crippen LogP contribution in [0.4, 0.5) is 20.6 Å². The normalized spacial score (nSPS) is 17.0. The number of aliphatic imine (C=N–C) groups is 1. The van der Waals surface area contributed by atoms with Crippen LogP contribution in [0.25, 0.3) is 16.6 Å². The van der Waals surface area contributed by atoms with Crippen molar-refractivity contribution < 1.29 is 23.4 Å². The van der Waals surface area contributed by atoms with Gasteiger partial charge in [-0.25, -0.2) is 18.7 Å². The molecule has 45 heavy (non-hydrogen) atoms. The van der Waals surface area contributed by atoms with Crippen molar-refractivity contribution in [3.05, 3.63) is 76.8 Å². The zero-order chi connectivity index (χ0) is 32.3. The molecule has 1 saturated carbocycles. The van der Waals surface area contributed by atoms with Crippen LogP contribution in [0, 0.1) is 12.7 Å². The van der Waals surface area contributed by atoms with Crippen molar-refractivity contribution >= 4 is 40.4 Å². The maximum atomic E-state index is 14.0. The van der Waals surface area contributed by atoms with Crippen LogP contribution in [-0.4, -0.2) is 53.1 Å². The monoisotopic (exact) mass is 636 g/mol. The number of ether oxygens (including phenoxy) is 3. The molecule has 4 aromatic rings. The number of amides is 1. The first-order valence-electron chi connectivity index (χ1n) is 14.7. The van der Waals surface area contributed by atoms with Crippen LogP contribution in [0.15, 0.2) is 59.9 Å². The fraction of sp³-hybridized carbons (Fsp3) is 0.364. The summed E-state index contributed by atoms with van der Waals surface area (Å²) in [4.78, 5) is 16.9. The second kappa shape index (κ2) is 13.3. The van der Waals surface area contributed by atoms with E-state index in [1.165, 1.54) is 18.2 Å². The summed E-state index contributed by atoms with van der Waals surface area (Å²) in [5.41, 5.74) is 11.1. The molecular formula is C33H38ClFN6O4. The van der Waals surface area contributed by atoms with Crippen molar-refractivity contribution in [2.75, 3.05) is 19.2 Å². The highest BCUT2D eigenvalue weighted by atomic mass is 35.5. The summed E-state index contributed by atoms with van der Waals surface area (Å²) in [6, 6.07) is 11.7. The lowest BCUT2D eigenvalue weighted by Gasteiger charge is -2.22. The molecule has 1 aliphatic rings. The molecule has 2 atom stereocenters. The lowest BCUT2D eigenvalue weighted by atomic mass is 10.0. The number of benzene rings is 2. The number of aromatic nitrogens is 2. The minimum absolute atomic E-state index is 0.00584. The number of aryl methyl sites for hydroxylation is 1. The van der Waals surface area contributed by atoms with Crippen LogP contribution >= 0.6 is 11.6 Å². The number of alkyl carbamates (subject to hydrolysis) is 1. The zero-order valence-corrected chi connectivity index (χ0v) is 26.7. The predicted molar refractivity (Wildman–Crippen MR) is 174 cm³/mol. The molecule has 2 aromatic heterocycles. The first-order chi connectivity index (χ1) is 21.4. The summed E-state index contributed by atoms with van der Waals surface area (Å²) < 4.78 is 32.0. The van der Waals surface area contributed by atoms with Crippen LogP contribution in [0.1, 0.15) is 51.2 Å². The number of rotatable bonds is 9. The predicted octanol–water partition coefficient (Wildman–Crippen LogP) is 6.98. The van der Waals surface area contributed by atoms with E-state index < -0.39 is 17.5 Å². The van der Waals surface area contributed by atoms with E-state index in [4.69, 9.17) is 31.5 Å². The lowest BCUT2D eigenvalue weighted by Crippen LogP contribution is -2.38. The van der Waals surface area contributed by atoms with E-state index in [0.717, 1.165) is 35.0 Å². The summed E-state index contributed by atoms with van der Waals surface area (Å²) >= 11 is 6.30. The number of nitrogens with two attached hydrogens (primary N) is 1. The molecule has 1 fully saturated rings. The van der Waals surface area contributed by atoms with Crippen molar-refractivity contribution in [3.63, 3.8) is 0 Å². The third-order valence-corrected chi connectivity index (χ3v) is 7.75. The van der Waals surface area contributed by atoms with Crippen LogP contribution in [-0.2, 0) is 9.47 Å². The van der Waals surface area contributed by atoms with Crippen LogP contribution in [0.2, 0.25) is 5.02 Å². The molecule has 1 amide bonds. The Morgan fingerprint density at radius 3 is 2.71 bits per heavy atom. The molecule has 0 aliphatic heterocycles. The van der Waals surface area contributed by atoms with Gasteiger partial charge in [0, 0.05) is 37.0 Å². The third kappa shape index (κ3) is 7.84. The first kappa shape index (κ1) is 32.1. The van der Waals surface area contributed by atoms with E-state index in [2.05, 4.69) is 20.7 Å². The first-order valence-corrected chi connectivity index (χ1v) is 15.1. The summed E-state index contributed by atoms with van der Waals surface area (Å²) in [6.07, 6.45) is 5.37. The smallest absolute Gasteiger partial charge is 0.407 e. The van der Waals surface area contributed by atoms with Gasteiger partial charge >= 0.3 is 6.09 Å². The number of fused-ring (bicyclic) bond motifs is 1. The highest BCUT2D eigenvalue weighted by molar-refractivity contribution is 6.33. The Labute approximate surface area is 266 Å². The second-order valence-corrected chi connectivity index (χ2v) is 12.5.